The maximum absolute atomic E-state index is 11.1. The van der Waals surface area contributed by atoms with E-state index >= 15 is 0 Å². The molecule has 0 saturated heterocycles. The molecule has 0 unspecified atom stereocenters. The average Bonchev–Trinajstić information content (AvgIpc) is 2.37. The Morgan fingerprint density at radius 2 is 1.53 bits per heavy atom. The molecule has 2 aromatic rings. The molecule has 0 saturated carbocycles. The Morgan fingerprint density at radius 1 is 0.947 bits per heavy atom. The molecule has 3 N–H and O–H groups in total. The SMILES string of the molecule is NS(=O)(=O)c1ccc(NCc2ccccc2)cc1.[KH]. The second-order valence-electron chi connectivity index (χ2n) is 3.91. The molecule has 0 atom stereocenters. The number of primary sulfonamides is 1. The number of hydrogen-bond donors (Lipinski definition) is 2. The van der Waals surface area contributed by atoms with Crippen LogP contribution in [0.15, 0.2) is 59.5 Å². The van der Waals surface area contributed by atoms with Crippen molar-refractivity contribution in [3.05, 3.63) is 60.2 Å². The van der Waals surface area contributed by atoms with Gasteiger partial charge >= 0.3 is 51.4 Å². The summed E-state index contributed by atoms with van der Waals surface area (Å²) in [5, 5.41) is 8.23. The molecule has 6 heteroatoms. The molecule has 0 spiro atoms. The summed E-state index contributed by atoms with van der Waals surface area (Å²) in [5.74, 6) is 0. The van der Waals surface area contributed by atoms with Crippen LogP contribution in [0.5, 0.6) is 0 Å². The van der Waals surface area contributed by atoms with Crippen molar-refractivity contribution < 1.29 is 8.42 Å². The number of hydrogen-bond acceptors (Lipinski definition) is 3. The molecule has 2 aromatic carbocycles. The van der Waals surface area contributed by atoms with Crippen LogP contribution in [0, 0.1) is 0 Å². The first-order valence-corrected chi connectivity index (χ1v) is 7.01. The standard InChI is InChI=1S/C13H14N2O2S.K.H/c14-18(16,17)13-8-6-12(7-9-13)15-10-11-4-2-1-3-5-11;;/h1-9,15H,10H2,(H2,14,16,17);;. The van der Waals surface area contributed by atoms with Crippen LogP contribution >= 0.6 is 0 Å². The zero-order valence-corrected chi connectivity index (χ0v) is 10.5. The number of nitrogens with one attached hydrogen (secondary N) is 1. The van der Waals surface area contributed by atoms with E-state index in [4.69, 9.17) is 5.14 Å². The van der Waals surface area contributed by atoms with E-state index in [9.17, 15) is 8.42 Å². The van der Waals surface area contributed by atoms with Crippen LogP contribution in [-0.4, -0.2) is 59.8 Å². The van der Waals surface area contributed by atoms with E-state index in [1.54, 1.807) is 12.1 Å². The van der Waals surface area contributed by atoms with Gasteiger partial charge < -0.3 is 5.32 Å². The Bertz CT molecular complexity index is 613. The molecule has 0 heterocycles. The molecule has 4 nitrogen and oxygen atoms in total. The second kappa shape index (κ2) is 7.54. The van der Waals surface area contributed by atoms with Gasteiger partial charge in [0.15, 0.2) is 0 Å². The minimum absolute atomic E-state index is 0. The third-order valence-electron chi connectivity index (χ3n) is 2.52. The molecular weight excluding hydrogens is 287 g/mol. The summed E-state index contributed by atoms with van der Waals surface area (Å²) in [6.07, 6.45) is 0. The van der Waals surface area contributed by atoms with Crippen LogP contribution in [0.2, 0.25) is 0 Å². The third kappa shape index (κ3) is 5.35. The molecule has 19 heavy (non-hydrogen) atoms. The van der Waals surface area contributed by atoms with Crippen LogP contribution in [-0.2, 0) is 16.6 Å². The zero-order valence-electron chi connectivity index (χ0n) is 9.71. The maximum atomic E-state index is 11.1. The van der Waals surface area contributed by atoms with Crippen molar-refractivity contribution in [2.45, 2.75) is 11.4 Å². The van der Waals surface area contributed by atoms with Crippen LogP contribution < -0.4 is 10.5 Å². The number of anilines is 1. The Labute approximate surface area is 155 Å². The minimum atomic E-state index is -3.61. The first kappa shape index (κ1) is 16.8. The average molecular weight is 302 g/mol. The molecule has 0 aliphatic carbocycles. The van der Waals surface area contributed by atoms with E-state index in [2.05, 4.69) is 5.32 Å². The van der Waals surface area contributed by atoms with E-state index in [1.165, 1.54) is 12.1 Å². The Balaban J connectivity index is 0.00000180. The molecular formula is C13H15KN2O2S. The first-order valence-electron chi connectivity index (χ1n) is 5.46. The van der Waals surface area contributed by atoms with Gasteiger partial charge in [-0.1, -0.05) is 30.3 Å². The van der Waals surface area contributed by atoms with Crippen molar-refractivity contribution in [1.82, 2.24) is 0 Å². The van der Waals surface area contributed by atoms with Crippen LogP contribution in [0.25, 0.3) is 0 Å². The van der Waals surface area contributed by atoms with Gasteiger partial charge in [0.1, 0.15) is 0 Å². The summed E-state index contributed by atoms with van der Waals surface area (Å²) in [5.41, 5.74) is 2.01. The molecule has 0 radical (unpaired) electrons. The van der Waals surface area contributed by atoms with Crippen molar-refractivity contribution >= 4 is 67.1 Å². The third-order valence-corrected chi connectivity index (χ3v) is 3.45. The monoisotopic (exact) mass is 302 g/mol. The van der Waals surface area contributed by atoms with Gasteiger partial charge in [0.05, 0.1) is 4.90 Å². The number of nitrogens with two attached hydrogens (primary N) is 1. The summed E-state index contributed by atoms with van der Waals surface area (Å²) < 4.78 is 22.2. The fourth-order valence-corrected chi connectivity index (χ4v) is 2.08. The molecule has 2 rings (SSSR count). The Kier molecular flexibility index (Phi) is 6.68. The van der Waals surface area contributed by atoms with Crippen molar-refractivity contribution in [3.8, 4) is 0 Å². The van der Waals surface area contributed by atoms with Gasteiger partial charge in [0, 0.05) is 12.2 Å². The predicted molar refractivity (Wildman–Crippen MR) is 78.7 cm³/mol. The number of benzene rings is 2. The van der Waals surface area contributed by atoms with Gasteiger partial charge in [-0.25, -0.2) is 13.6 Å². The van der Waals surface area contributed by atoms with E-state index in [0.717, 1.165) is 11.3 Å². The summed E-state index contributed by atoms with van der Waals surface area (Å²) in [6.45, 7) is 0.690. The van der Waals surface area contributed by atoms with Crippen LogP contribution in [0.4, 0.5) is 5.69 Å². The van der Waals surface area contributed by atoms with Crippen LogP contribution in [0.3, 0.4) is 0 Å². The fraction of sp³-hybridized carbons (Fsp3) is 0.0769. The molecule has 0 aliphatic rings. The molecule has 0 bridgehead atoms. The van der Waals surface area contributed by atoms with Gasteiger partial charge in [0.2, 0.25) is 10.0 Å². The van der Waals surface area contributed by atoms with Gasteiger partial charge in [-0.3, -0.25) is 0 Å². The number of rotatable bonds is 4. The van der Waals surface area contributed by atoms with E-state index in [1.807, 2.05) is 30.3 Å². The molecule has 0 aliphatic heterocycles. The van der Waals surface area contributed by atoms with E-state index in [-0.39, 0.29) is 56.3 Å². The Hall–Kier alpha value is -0.214. The molecule has 0 aromatic heterocycles. The van der Waals surface area contributed by atoms with E-state index in [0.29, 0.717) is 6.54 Å². The first-order chi connectivity index (χ1) is 8.55. The predicted octanol–water partition coefficient (Wildman–Crippen LogP) is 1.30. The number of sulfonamides is 1. The van der Waals surface area contributed by atoms with Gasteiger partial charge in [-0.15, -0.1) is 0 Å². The van der Waals surface area contributed by atoms with Crippen molar-refractivity contribution in [2.75, 3.05) is 5.32 Å². The second-order valence-corrected chi connectivity index (χ2v) is 5.47. The van der Waals surface area contributed by atoms with Crippen molar-refractivity contribution in [1.29, 1.82) is 0 Å². The fourth-order valence-electron chi connectivity index (χ4n) is 1.56. The van der Waals surface area contributed by atoms with Gasteiger partial charge in [0.25, 0.3) is 0 Å². The molecule has 0 fully saturated rings. The van der Waals surface area contributed by atoms with Gasteiger partial charge in [-0.2, -0.15) is 0 Å². The summed E-state index contributed by atoms with van der Waals surface area (Å²) in [4.78, 5) is 0.118. The Morgan fingerprint density at radius 3 is 2.05 bits per heavy atom. The van der Waals surface area contributed by atoms with E-state index < -0.39 is 10.0 Å². The van der Waals surface area contributed by atoms with Gasteiger partial charge in [-0.05, 0) is 29.8 Å². The summed E-state index contributed by atoms with van der Waals surface area (Å²) in [7, 11) is -3.61. The quantitative estimate of drug-likeness (QED) is 0.836. The zero-order chi connectivity index (χ0) is 13.0. The summed E-state index contributed by atoms with van der Waals surface area (Å²) >= 11 is 0. The molecule has 96 valence electrons. The van der Waals surface area contributed by atoms with Crippen molar-refractivity contribution in [3.63, 3.8) is 0 Å². The van der Waals surface area contributed by atoms with Crippen LogP contribution in [0.1, 0.15) is 5.56 Å². The molecule has 0 amide bonds. The normalized spacial score (nSPS) is 10.6. The summed E-state index contributed by atoms with van der Waals surface area (Å²) in [6, 6.07) is 16.3. The topological polar surface area (TPSA) is 72.2 Å². The van der Waals surface area contributed by atoms with Crippen molar-refractivity contribution in [2.24, 2.45) is 5.14 Å².